The van der Waals surface area contributed by atoms with Gasteiger partial charge in [0, 0.05) is 22.8 Å². The number of benzene rings is 2. The summed E-state index contributed by atoms with van der Waals surface area (Å²) in [5.74, 6) is -0.0544. The minimum absolute atomic E-state index is 0.0552. The van der Waals surface area contributed by atoms with Crippen molar-refractivity contribution in [2.45, 2.75) is 6.92 Å². The second kappa shape index (κ2) is 8.99. The van der Waals surface area contributed by atoms with E-state index < -0.39 is 11.5 Å². The first-order chi connectivity index (χ1) is 18.0. The molecule has 1 N–H and O–H groups in total. The topological polar surface area (TPSA) is 116 Å². The monoisotopic (exact) mass is 511 g/mol. The van der Waals surface area contributed by atoms with E-state index in [0.29, 0.717) is 27.5 Å². The highest BCUT2D eigenvalue weighted by molar-refractivity contribution is 6.30. The maximum Gasteiger partial charge on any atom is 0.299 e. The summed E-state index contributed by atoms with van der Waals surface area (Å²) in [6.45, 7) is 1.55. The lowest BCUT2D eigenvalue weighted by atomic mass is 10.1. The van der Waals surface area contributed by atoms with E-state index in [-0.39, 0.29) is 12.1 Å². The average molecular weight is 512 g/mol. The van der Waals surface area contributed by atoms with Crippen LogP contribution in [-0.4, -0.2) is 42.0 Å². The third-order valence-corrected chi connectivity index (χ3v) is 6.14. The number of nitrogens with one attached hydrogen (secondary N) is 1. The van der Waals surface area contributed by atoms with Crippen LogP contribution >= 0.6 is 11.6 Å². The van der Waals surface area contributed by atoms with Gasteiger partial charge < -0.3 is 4.74 Å². The van der Waals surface area contributed by atoms with Gasteiger partial charge in [0.2, 0.25) is 0 Å². The van der Waals surface area contributed by atoms with E-state index in [0.717, 1.165) is 26.9 Å². The molecule has 4 aromatic heterocycles. The summed E-state index contributed by atoms with van der Waals surface area (Å²) in [5.41, 5.74) is 6.05. The van der Waals surface area contributed by atoms with Gasteiger partial charge in [-0.25, -0.2) is 9.19 Å². The minimum Gasteiger partial charge on any atom is -0.481 e. The van der Waals surface area contributed by atoms with Crippen LogP contribution in [0.25, 0.3) is 38.7 Å². The van der Waals surface area contributed by atoms with Gasteiger partial charge in [-0.1, -0.05) is 41.9 Å². The second-order valence-electron chi connectivity index (χ2n) is 8.28. The zero-order chi connectivity index (χ0) is 25.5. The zero-order valence-electron chi connectivity index (χ0n) is 19.4. The van der Waals surface area contributed by atoms with Crippen LogP contribution in [0.1, 0.15) is 5.69 Å². The summed E-state index contributed by atoms with van der Waals surface area (Å²) in [5, 5.41) is 14.5. The number of hydrogen-bond acceptors (Lipinski definition) is 7. The lowest BCUT2D eigenvalue weighted by molar-refractivity contribution is -0.119. The van der Waals surface area contributed by atoms with Crippen molar-refractivity contribution < 1.29 is 9.53 Å². The van der Waals surface area contributed by atoms with Gasteiger partial charge in [0.1, 0.15) is 16.8 Å². The third kappa shape index (κ3) is 4.03. The molecule has 0 aliphatic carbocycles. The van der Waals surface area contributed by atoms with Gasteiger partial charge in [-0.05, 0) is 42.8 Å². The molecule has 11 heteroatoms. The molecule has 4 heterocycles. The molecular weight excluding hydrogens is 494 g/mol. The maximum atomic E-state index is 13.1. The standard InChI is InChI=1S/C26H18ClN7O3/c1-15-22(16-7-9-18(27)10-8-16)25-30-29-24-19(34(25)31-15)11-13-33(26(24)36)32-21(35)14-37-20-6-2-4-17-5-3-12-28-23(17)20/h2-13H,14H2,1H3,(H,32,35). The Morgan fingerprint density at radius 1 is 1.03 bits per heavy atom. The van der Waals surface area contributed by atoms with Crippen LogP contribution in [0.4, 0.5) is 0 Å². The van der Waals surface area contributed by atoms with Crippen LogP contribution in [0.5, 0.6) is 5.75 Å². The number of ether oxygens (including phenoxy) is 1. The van der Waals surface area contributed by atoms with Crippen LogP contribution in [0.15, 0.2) is 77.9 Å². The molecule has 0 saturated heterocycles. The fourth-order valence-electron chi connectivity index (χ4n) is 4.20. The van der Waals surface area contributed by atoms with Gasteiger partial charge >= 0.3 is 0 Å². The van der Waals surface area contributed by atoms with E-state index in [1.54, 1.807) is 35.0 Å². The van der Waals surface area contributed by atoms with Gasteiger partial charge in [0.15, 0.2) is 17.8 Å². The van der Waals surface area contributed by atoms with E-state index in [1.807, 2.05) is 43.3 Å². The first-order valence-corrected chi connectivity index (χ1v) is 11.7. The van der Waals surface area contributed by atoms with Crippen LogP contribution in [0.2, 0.25) is 5.02 Å². The van der Waals surface area contributed by atoms with Gasteiger partial charge in [-0.3, -0.25) is 20.0 Å². The SMILES string of the molecule is Cc1nn2c(nnc3c(=O)n(NC(=O)COc4cccc5cccnc45)ccc32)c1-c1ccc(Cl)cc1. The maximum absolute atomic E-state index is 13.1. The molecule has 0 unspecified atom stereocenters. The summed E-state index contributed by atoms with van der Waals surface area (Å²) in [4.78, 5) is 30.0. The summed E-state index contributed by atoms with van der Waals surface area (Å²) in [7, 11) is 0. The second-order valence-corrected chi connectivity index (χ2v) is 8.72. The third-order valence-electron chi connectivity index (χ3n) is 5.89. The van der Waals surface area contributed by atoms with Crippen LogP contribution < -0.4 is 15.7 Å². The highest BCUT2D eigenvalue weighted by Gasteiger charge is 2.18. The number of halogens is 1. The van der Waals surface area contributed by atoms with Crippen molar-refractivity contribution in [3.05, 3.63) is 94.1 Å². The molecule has 0 bridgehead atoms. The number of carbonyl (C=O) groups excluding carboxylic acids is 1. The van der Waals surface area contributed by atoms with Crippen molar-refractivity contribution >= 4 is 45.1 Å². The molecule has 182 valence electrons. The number of aromatic nitrogens is 6. The molecule has 10 nitrogen and oxygen atoms in total. The molecule has 37 heavy (non-hydrogen) atoms. The Labute approximate surface area is 214 Å². The predicted molar refractivity (Wildman–Crippen MR) is 139 cm³/mol. The van der Waals surface area contributed by atoms with Gasteiger partial charge in [-0.15, -0.1) is 10.2 Å². The van der Waals surface area contributed by atoms with Crippen molar-refractivity contribution in [2.24, 2.45) is 0 Å². The van der Waals surface area contributed by atoms with Crippen LogP contribution in [0.3, 0.4) is 0 Å². The van der Waals surface area contributed by atoms with Crippen molar-refractivity contribution in [3.8, 4) is 16.9 Å². The molecule has 6 aromatic rings. The Kier molecular flexibility index (Phi) is 5.50. The minimum atomic E-state index is -0.548. The highest BCUT2D eigenvalue weighted by Crippen LogP contribution is 2.29. The van der Waals surface area contributed by atoms with E-state index >= 15 is 0 Å². The lowest BCUT2D eigenvalue weighted by Crippen LogP contribution is -2.35. The van der Waals surface area contributed by atoms with Crippen molar-refractivity contribution in [3.63, 3.8) is 0 Å². The molecule has 0 radical (unpaired) electrons. The number of carbonyl (C=O) groups is 1. The number of para-hydroxylation sites is 1. The zero-order valence-corrected chi connectivity index (χ0v) is 20.2. The van der Waals surface area contributed by atoms with Gasteiger partial charge in [0.05, 0.1) is 11.3 Å². The molecule has 6 rings (SSSR count). The summed E-state index contributed by atoms with van der Waals surface area (Å²) < 4.78 is 8.29. The van der Waals surface area contributed by atoms with Gasteiger partial charge in [-0.2, -0.15) is 5.10 Å². The predicted octanol–water partition coefficient (Wildman–Crippen LogP) is 3.77. The van der Waals surface area contributed by atoms with Crippen molar-refractivity contribution in [1.82, 2.24) is 29.5 Å². The molecule has 0 aliphatic rings. The number of pyridine rings is 2. The molecule has 2 aromatic carbocycles. The molecule has 0 spiro atoms. The smallest absolute Gasteiger partial charge is 0.299 e. The Hall–Kier alpha value is -4.83. The molecule has 0 aliphatic heterocycles. The van der Waals surface area contributed by atoms with Crippen LogP contribution in [-0.2, 0) is 4.79 Å². The van der Waals surface area contributed by atoms with Crippen molar-refractivity contribution in [1.29, 1.82) is 0 Å². The van der Waals surface area contributed by atoms with E-state index in [4.69, 9.17) is 16.3 Å². The fourth-order valence-corrected chi connectivity index (χ4v) is 4.32. The normalized spacial score (nSPS) is 11.3. The van der Waals surface area contributed by atoms with E-state index in [9.17, 15) is 9.59 Å². The molecule has 0 saturated carbocycles. The number of aryl methyl sites for hydroxylation is 1. The quantitative estimate of drug-likeness (QED) is 0.374. The number of amides is 1. The first-order valence-electron chi connectivity index (χ1n) is 11.3. The largest absolute Gasteiger partial charge is 0.481 e. The highest BCUT2D eigenvalue weighted by atomic mass is 35.5. The molecule has 0 fully saturated rings. The Morgan fingerprint density at radius 2 is 1.84 bits per heavy atom. The Balaban J connectivity index is 1.28. The molecule has 1 amide bonds. The first kappa shape index (κ1) is 22.6. The lowest BCUT2D eigenvalue weighted by Gasteiger charge is -2.11. The Morgan fingerprint density at radius 3 is 2.68 bits per heavy atom. The molecule has 0 atom stereocenters. The van der Waals surface area contributed by atoms with Crippen molar-refractivity contribution in [2.75, 3.05) is 12.0 Å². The van der Waals surface area contributed by atoms with Crippen LogP contribution in [0, 0.1) is 6.92 Å². The number of rotatable bonds is 5. The van der Waals surface area contributed by atoms with E-state index in [1.165, 1.54) is 6.20 Å². The number of hydrogen-bond donors (Lipinski definition) is 1. The number of nitrogens with zero attached hydrogens (tertiary/aromatic N) is 6. The van der Waals surface area contributed by atoms with Gasteiger partial charge in [0.25, 0.3) is 11.5 Å². The Bertz CT molecular complexity index is 1870. The fraction of sp³-hybridized carbons (Fsp3) is 0.0769. The summed E-state index contributed by atoms with van der Waals surface area (Å²) >= 11 is 6.03. The average Bonchev–Trinajstić information content (AvgIpc) is 3.25. The summed E-state index contributed by atoms with van der Waals surface area (Å²) in [6.07, 6.45) is 3.10. The van der Waals surface area contributed by atoms with E-state index in [2.05, 4.69) is 25.7 Å². The summed E-state index contributed by atoms with van der Waals surface area (Å²) in [6, 6.07) is 18.2. The molecular formula is C26H18ClN7O3. The number of fused-ring (bicyclic) bond motifs is 4.